The predicted molar refractivity (Wildman–Crippen MR) is 78.9 cm³/mol. The minimum absolute atomic E-state index is 0.138. The van der Waals surface area contributed by atoms with Crippen molar-refractivity contribution in [3.05, 3.63) is 20.8 Å². The molecule has 1 atom stereocenters. The molecule has 2 nitrogen and oxygen atoms in total. The Kier molecular flexibility index (Phi) is 6.13. The fourth-order valence-corrected chi connectivity index (χ4v) is 3.44. The molecular weight excluding hydrogens is 298 g/mol. The van der Waals surface area contributed by atoms with Gasteiger partial charge >= 0.3 is 0 Å². The normalized spacial score (nSPS) is 13.9. The van der Waals surface area contributed by atoms with Crippen molar-refractivity contribution in [2.24, 2.45) is 0 Å². The van der Waals surface area contributed by atoms with E-state index in [4.69, 9.17) is 4.74 Å². The molecule has 1 heterocycles. The molecule has 0 aliphatic heterocycles. The lowest BCUT2D eigenvalue weighted by atomic mass is 9.94. The molecule has 0 aliphatic rings. The third-order valence-electron chi connectivity index (χ3n) is 2.83. The van der Waals surface area contributed by atoms with Gasteiger partial charge in [-0.1, -0.05) is 6.92 Å². The molecular formula is C13H22BrNOS. The smallest absolute Gasteiger partial charge is 0.0782 e. The number of hydrogen-bond acceptors (Lipinski definition) is 3. The molecule has 0 aliphatic carbocycles. The largest absolute Gasteiger partial charge is 0.374 e. The molecule has 1 rings (SSSR count). The molecule has 0 saturated carbocycles. The topological polar surface area (TPSA) is 21.3 Å². The molecule has 1 aromatic rings. The van der Waals surface area contributed by atoms with Crippen LogP contribution in [0.5, 0.6) is 0 Å². The molecule has 1 aromatic heterocycles. The summed E-state index contributed by atoms with van der Waals surface area (Å²) in [6.07, 6.45) is 1.01. The summed E-state index contributed by atoms with van der Waals surface area (Å²) in [5.74, 6) is 0. The van der Waals surface area contributed by atoms with Crippen LogP contribution in [0, 0.1) is 0 Å². The fraction of sp³-hybridized carbons (Fsp3) is 0.692. The molecule has 1 unspecified atom stereocenters. The molecule has 0 spiro atoms. The van der Waals surface area contributed by atoms with E-state index in [1.807, 2.05) is 6.92 Å². The second kappa shape index (κ2) is 6.88. The van der Waals surface area contributed by atoms with Gasteiger partial charge in [-0.2, -0.15) is 0 Å². The van der Waals surface area contributed by atoms with Crippen molar-refractivity contribution in [1.29, 1.82) is 0 Å². The lowest BCUT2D eigenvalue weighted by Crippen LogP contribution is -2.49. The maximum absolute atomic E-state index is 5.85. The Morgan fingerprint density at radius 1 is 1.47 bits per heavy atom. The monoisotopic (exact) mass is 319 g/mol. The highest BCUT2D eigenvalue weighted by molar-refractivity contribution is 9.10. The Balaban J connectivity index is 2.71. The van der Waals surface area contributed by atoms with E-state index >= 15 is 0 Å². The first kappa shape index (κ1) is 15.2. The van der Waals surface area contributed by atoms with E-state index in [0.29, 0.717) is 6.04 Å². The lowest BCUT2D eigenvalue weighted by molar-refractivity contribution is -0.0375. The number of nitrogens with one attached hydrogen (secondary N) is 1. The average molecular weight is 320 g/mol. The van der Waals surface area contributed by atoms with E-state index in [1.54, 1.807) is 11.3 Å². The zero-order chi connectivity index (χ0) is 12.9. The number of thiophene rings is 1. The molecule has 0 aromatic carbocycles. The number of ether oxygens (including phenoxy) is 1. The molecule has 1 N–H and O–H groups in total. The van der Waals surface area contributed by atoms with Gasteiger partial charge in [-0.3, -0.25) is 0 Å². The van der Waals surface area contributed by atoms with E-state index < -0.39 is 0 Å². The Bertz CT molecular complexity index is 338. The summed E-state index contributed by atoms with van der Waals surface area (Å²) in [4.78, 5) is 1.38. The number of rotatable bonds is 7. The van der Waals surface area contributed by atoms with Gasteiger partial charge in [-0.25, -0.2) is 0 Å². The molecule has 98 valence electrons. The average Bonchev–Trinajstić information content (AvgIpc) is 2.63. The van der Waals surface area contributed by atoms with E-state index in [-0.39, 0.29) is 5.60 Å². The van der Waals surface area contributed by atoms with Crippen LogP contribution in [0.3, 0.4) is 0 Å². The summed E-state index contributed by atoms with van der Waals surface area (Å²) in [6, 6.07) is 2.54. The molecule has 0 amide bonds. The molecule has 4 heteroatoms. The van der Waals surface area contributed by atoms with Crippen molar-refractivity contribution in [2.45, 2.75) is 45.8 Å². The molecule has 0 fully saturated rings. The molecule has 17 heavy (non-hydrogen) atoms. The van der Waals surface area contributed by atoms with Crippen molar-refractivity contribution in [3.63, 3.8) is 0 Å². The summed E-state index contributed by atoms with van der Waals surface area (Å²) in [7, 11) is 0. The predicted octanol–water partition coefficient (Wildman–Crippen LogP) is 3.85. The lowest BCUT2D eigenvalue weighted by Gasteiger charge is -2.34. The van der Waals surface area contributed by atoms with Crippen molar-refractivity contribution >= 4 is 27.3 Å². The van der Waals surface area contributed by atoms with Gasteiger partial charge in [0.05, 0.1) is 5.60 Å². The third kappa shape index (κ3) is 4.70. The van der Waals surface area contributed by atoms with Crippen LogP contribution in [-0.2, 0) is 11.2 Å². The summed E-state index contributed by atoms with van der Waals surface area (Å²) in [5, 5.41) is 5.66. The van der Waals surface area contributed by atoms with Crippen molar-refractivity contribution in [3.8, 4) is 0 Å². The number of likely N-dealkylation sites (N-methyl/N-ethyl adjacent to an activating group) is 1. The molecule has 0 radical (unpaired) electrons. The van der Waals surface area contributed by atoms with Crippen molar-refractivity contribution < 1.29 is 4.74 Å². The summed E-state index contributed by atoms with van der Waals surface area (Å²) < 4.78 is 7.02. The summed E-state index contributed by atoms with van der Waals surface area (Å²) >= 11 is 5.30. The second-order valence-corrected chi connectivity index (χ2v) is 6.49. The van der Waals surface area contributed by atoms with Crippen LogP contribution in [0.2, 0.25) is 0 Å². The Labute approximate surface area is 117 Å². The standard InChI is InChI=1S/C13H22BrNOS/c1-5-15-12(13(3,4)16-6-2)8-11-7-10(14)9-17-11/h7,9,12,15H,5-6,8H2,1-4H3. The SMILES string of the molecule is CCNC(Cc1cc(Br)cs1)C(C)(C)OCC. The van der Waals surface area contributed by atoms with Crippen LogP contribution in [-0.4, -0.2) is 24.8 Å². The van der Waals surface area contributed by atoms with Crippen LogP contribution in [0.15, 0.2) is 15.9 Å². The number of halogens is 1. The van der Waals surface area contributed by atoms with Crippen LogP contribution in [0.1, 0.15) is 32.6 Å². The Morgan fingerprint density at radius 2 is 2.18 bits per heavy atom. The Hall–Kier alpha value is 0.1000. The van der Waals surface area contributed by atoms with E-state index in [1.165, 1.54) is 9.35 Å². The first-order valence-corrected chi connectivity index (χ1v) is 7.77. The molecule has 0 bridgehead atoms. The van der Waals surface area contributed by atoms with Crippen LogP contribution in [0.25, 0.3) is 0 Å². The number of hydrogen-bond donors (Lipinski definition) is 1. The fourth-order valence-electron chi connectivity index (χ4n) is 1.94. The van der Waals surface area contributed by atoms with Gasteiger partial charge in [0.2, 0.25) is 0 Å². The van der Waals surface area contributed by atoms with Gasteiger partial charge in [-0.15, -0.1) is 11.3 Å². The van der Waals surface area contributed by atoms with E-state index in [0.717, 1.165) is 19.6 Å². The van der Waals surface area contributed by atoms with Gasteiger partial charge < -0.3 is 10.1 Å². The van der Waals surface area contributed by atoms with Gasteiger partial charge in [0.1, 0.15) is 0 Å². The zero-order valence-corrected chi connectivity index (χ0v) is 13.5. The molecule has 0 saturated heterocycles. The van der Waals surface area contributed by atoms with E-state index in [2.05, 4.69) is 53.5 Å². The minimum atomic E-state index is -0.138. The third-order valence-corrected chi connectivity index (χ3v) is 4.55. The highest BCUT2D eigenvalue weighted by Crippen LogP contribution is 2.25. The van der Waals surface area contributed by atoms with Crippen LogP contribution >= 0.6 is 27.3 Å². The van der Waals surface area contributed by atoms with Gasteiger partial charge in [0.25, 0.3) is 0 Å². The highest BCUT2D eigenvalue weighted by atomic mass is 79.9. The maximum Gasteiger partial charge on any atom is 0.0782 e. The zero-order valence-electron chi connectivity index (χ0n) is 11.0. The van der Waals surface area contributed by atoms with Gasteiger partial charge in [0, 0.05) is 27.4 Å². The van der Waals surface area contributed by atoms with Crippen LogP contribution < -0.4 is 5.32 Å². The van der Waals surface area contributed by atoms with Crippen LogP contribution in [0.4, 0.5) is 0 Å². The first-order chi connectivity index (χ1) is 7.99. The van der Waals surface area contributed by atoms with Crippen molar-refractivity contribution in [1.82, 2.24) is 5.32 Å². The van der Waals surface area contributed by atoms with Gasteiger partial charge in [-0.05, 0) is 55.7 Å². The minimum Gasteiger partial charge on any atom is -0.374 e. The van der Waals surface area contributed by atoms with Crippen molar-refractivity contribution in [2.75, 3.05) is 13.2 Å². The quantitative estimate of drug-likeness (QED) is 0.824. The summed E-state index contributed by atoms with van der Waals surface area (Å²) in [5.41, 5.74) is -0.138. The van der Waals surface area contributed by atoms with E-state index in [9.17, 15) is 0 Å². The first-order valence-electron chi connectivity index (χ1n) is 6.09. The maximum atomic E-state index is 5.85. The van der Waals surface area contributed by atoms with Gasteiger partial charge in [0.15, 0.2) is 0 Å². The Morgan fingerprint density at radius 3 is 2.65 bits per heavy atom. The second-order valence-electron chi connectivity index (χ2n) is 4.58. The highest BCUT2D eigenvalue weighted by Gasteiger charge is 2.29. The summed E-state index contributed by atoms with van der Waals surface area (Å²) in [6.45, 7) is 10.2.